The number of benzene rings is 2. The van der Waals surface area contributed by atoms with Crippen LogP contribution in [-0.4, -0.2) is 25.3 Å². The van der Waals surface area contributed by atoms with Gasteiger partial charge < -0.3 is 5.11 Å². The maximum absolute atomic E-state index is 11.8. The number of phenolic OH excluding ortho intramolecular Hbond substituents is 1. The molecule has 132 valence electrons. The van der Waals surface area contributed by atoms with Gasteiger partial charge in [-0.1, -0.05) is 30.3 Å². The Hall–Kier alpha value is -1.71. The van der Waals surface area contributed by atoms with E-state index in [1.54, 1.807) is 42.1 Å². The molecule has 0 fully saturated rings. The van der Waals surface area contributed by atoms with Crippen molar-refractivity contribution in [2.45, 2.75) is 17.0 Å². The number of aromatic hydroxyl groups is 1. The van der Waals surface area contributed by atoms with E-state index in [1.165, 1.54) is 17.0 Å². The van der Waals surface area contributed by atoms with Crippen molar-refractivity contribution in [2.24, 2.45) is 0 Å². The van der Waals surface area contributed by atoms with Crippen LogP contribution >= 0.6 is 11.8 Å². The van der Waals surface area contributed by atoms with Crippen LogP contribution in [0.3, 0.4) is 0 Å². The molecule has 0 aliphatic carbocycles. The van der Waals surface area contributed by atoms with Crippen molar-refractivity contribution in [3.05, 3.63) is 60.2 Å². The predicted octanol–water partition coefficient (Wildman–Crippen LogP) is 4.17. The number of alkyl halides is 3. The quantitative estimate of drug-likeness (QED) is 0.490. The maximum atomic E-state index is 11.8. The van der Waals surface area contributed by atoms with E-state index >= 15 is 0 Å². The molecule has 0 unspecified atom stereocenters. The summed E-state index contributed by atoms with van der Waals surface area (Å²) in [5.74, 6) is 0.327. The van der Waals surface area contributed by atoms with Crippen LogP contribution in [-0.2, 0) is 20.9 Å². The third kappa shape index (κ3) is 6.81. The lowest BCUT2D eigenvalue weighted by Crippen LogP contribution is -2.25. The van der Waals surface area contributed by atoms with E-state index in [0.717, 1.165) is 0 Å². The predicted molar refractivity (Wildman–Crippen MR) is 86.1 cm³/mol. The molecule has 0 heterocycles. The molecule has 0 spiro atoms. The first-order valence-electron chi connectivity index (χ1n) is 6.48. The van der Waals surface area contributed by atoms with Gasteiger partial charge in [0.25, 0.3) is 0 Å². The van der Waals surface area contributed by atoms with E-state index in [9.17, 15) is 21.6 Å². The van der Waals surface area contributed by atoms with Gasteiger partial charge in [0.2, 0.25) is 0 Å². The van der Waals surface area contributed by atoms with Gasteiger partial charge in [-0.3, -0.25) is 4.18 Å². The normalized spacial score (nSPS) is 11.5. The van der Waals surface area contributed by atoms with Gasteiger partial charge in [-0.05, 0) is 36.1 Å². The molecule has 0 radical (unpaired) electrons. The van der Waals surface area contributed by atoms with Crippen LogP contribution in [0.1, 0.15) is 5.56 Å². The van der Waals surface area contributed by atoms with Crippen LogP contribution in [0.15, 0.2) is 59.5 Å². The molecular formula is C15H15F3O4S2. The summed E-state index contributed by atoms with van der Waals surface area (Å²) in [6, 6.07) is 14.9. The summed E-state index contributed by atoms with van der Waals surface area (Å²) >= 11 is 1.67. The summed E-state index contributed by atoms with van der Waals surface area (Å²) in [6.45, 7) is -0.622. The van der Waals surface area contributed by atoms with Gasteiger partial charge in [0.05, 0.1) is 6.61 Å². The third-order valence-corrected chi connectivity index (χ3v) is 4.32. The topological polar surface area (TPSA) is 63.6 Å². The largest absolute Gasteiger partial charge is 0.523 e. The zero-order chi connectivity index (χ0) is 18.2. The lowest BCUT2D eigenvalue weighted by atomic mass is 10.2. The molecule has 9 heteroatoms. The minimum Gasteiger partial charge on any atom is -0.508 e. The number of rotatable bonds is 4. The van der Waals surface area contributed by atoms with E-state index in [4.69, 9.17) is 5.11 Å². The first kappa shape index (κ1) is 20.3. The average Bonchev–Trinajstić information content (AvgIpc) is 2.54. The summed E-state index contributed by atoms with van der Waals surface area (Å²) < 4.78 is 60.3. The molecule has 0 saturated heterocycles. The highest BCUT2D eigenvalue weighted by atomic mass is 32.2. The first-order chi connectivity index (χ1) is 11.2. The second-order valence-corrected chi connectivity index (χ2v) is 6.83. The van der Waals surface area contributed by atoms with Crippen LogP contribution in [0.2, 0.25) is 0 Å². The standard InChI is InChI=1S/C8H7F3O3S.C7H8OS/c9-8(10,11)15(12,13)14-6-7-4-2-1-3-5-7;1-9-7-4-2-6(8)3-5-7/h1-5H,6H2;2-5,8H,1H3. The maximum Gasteiger partial charge on any atom is 0.523 e. The van der Waals surface area contributed by atoms with Gasteiger partial charge in [0, 0.05) is 4.90 Å². The van der Waals surface area contributed by atoms with Crippen LogP contribution in [0.5, 0.6) is 5.75 Å². The fourth-order valence-electron chi connectivity index (χ4n) is 1.37. The van der Waals surface area contributed by atoms with Gasteiger partial charge in [-0.25, -0.2) is 0 Å². The third-order valence-electron chi connectivity index (χ3n) is 2.58. The molecule has 24 heavy (non-hydrogen) atoms. The Labute approximate surface area is 142 Å². The fraction of sp³-hybridized carbons (Fsp3) is 0.200. The summed E-state index contributed by atoms with van der Waals surface area (Å²) in [6.07, 6.45) is 2.01. The summed E-state index contributed by atoms with van der Waals surface area (Å²) in [5.41, 5.74) is -5.02. The molecule has 2 aromatic rings. The SMILES string of the molecule is CSc1ccc(O)cc1.O=S(=O)(OCc1ccccc1)C(F)(F)F. The van der Waals surface area contributed by atoms with Crippen LogP contribution < -0.4 is 0 Å². The molecule has 0 aliphatic heterocycles. The fourth-order valence-corrected chi connectivity index (χ4v) is 2.20. The average molecular weight is 380 g/mol. The van der Waals surface area contributed by atoms with Crippen molar-refractivity contribution in [2.75, 3.05) is 6.26 Å². The smallest absolute Gasteiger partial charge is 0.508 e. The minimum absolute atomic E-state index is 0.327. The van der Waals surface area contributed by atoms with E-state index in [2.05, 4.69) is 4.18 Å². The van der Waals surface area contributed by atoms with Crippen LogP contribution in [0, 0.1) is 0 Å². The molecule has 2 rings (SSSR count). The van der Waals surface area contributed by atoms with Crippen molar-refractivity contribution in [3.8, 4) is 5.75 Å². The number of thioether (sulfide) groups is 1. The van der Waals surface area contributed by atoms with Gasteiger partial charge in [0.1, 0.15) is 5.75 Å². The highest BCUT2D eigenvalue weighted by Crippen LogP contribution is 2.25. The summed E-state index contributed by atoms with van der Waals surface area (Å²) in [5, 5.41) is 8.84. The molecule has 1 N–H and O–H groups in total. The van der Waals surface area contributed by atoms with Gasteiger partial charge >= 0.3 is 15.6 Å². The molecule has 0 saturated carbocycles. The van der Waals surface area contributed by atoms with Gasteiger partial charge in [-0.15, -0.1) is 11.8 Å². The number of hydrogen-bond donors (Lipinski definition) is 1. The molecule has 0 aromatic heterocycles. The number of hydrogen-bond acceptors (Lipinski definition) is 5. The number of phenols is 1. The second kappa shape index (κ2) is 8.95. The van der Waals surface area contributed by atoms with Crippen LogP contribution in [0.25, 0.3) is 0 Å². The van der Waals surface area contributed by atoms with E-state index < -0.39 is 22.2 Å². The van der Waals surface area contributed by atoms with Crippen molar-refractivity contribution < 1.29 is 30.9 Å². The molecule has 0 aliphatic rings. The van der Waals surface area contributed by atoms with E-state index in [-0.39, 0.29) is 0 Å². The van der Waals surface area contributed by atoms with Gasteiger partial charge in [0.15, 0.2) is 0 Å². The highest BCUT2D eigenvalue weighted by Gasteiger charge is 2.47. The van der Waals surface area contributed by atoms with E-state index in [0.29, 0.717) is 11.3 Å². The van der Waals surface area contributed by atoms with E-state index in [1.807, 2.05) is 18.4 Å². The molecule has 4 nitrogen and oxygen atoms in total. The Morgan fingerprint density at radius 3 is 2.04 bits per heavy atom. The zero-order valence-corrected chi connectivity index (χ0v) is 14.2. The Balaban J connectivity index is 0.000000272. The molecular weight excluding hydrogens is 365 g/mol. The Morgan fingerprint density at radius 1 is 1.04 bits per heavy atom. The lowest BCUT2D eigenvalue weighted by Gasteiger charge is -2.07. The Bertz CT molecular complexity index is 715. The van der Waals surface area contributed by atoms with Crippen molar-refractivity contribution in [1.29, 1.82) is 0 Å². The lowest BCUT2D eigenvalue weighted by molar-refractivity contribution is -0.0547. The summed E-state index contributed by atoms with van der Waals surface area (Å²) in [7, 11) is -5.50. The molecule has 0 amide bonds. The second-order valence-electron chi connectivity index (χ2n) is 4.35. The molecule has 2 aromatic carbocycles. The van der Waals surface area contributed by atoms with Crippen molar-refractivity contribution in [1.82, 2.24) is 0 Å². The molecule has 0 bridgehead atoms. The minimum atomic E-state index is -5.50. The number of halogens is 3. The van der Waals surface area contributed by atoms with Crippen molar-refractivity contribution >= 4 is 21.9 Å². The first-order valence-corrected chi connectivity index (χ1v) is 9.11. The Kier molecular flexibility index (Phi) is 7.59. The zero-order valence-electron chi connectivity index (χ0n) is 12.5. The summed E-state index contributed by atoms with van der Waals surface area (Å²) in [4.78, 5) is 1.17. The van der Waals surface area contributed by atoms with Crippen LogP contribution in [0.4, 0.5) is 13.2 Å². The van der Waals surface area contributed by atoms with Crippen molar-refractivity contribution in [3.63, 3.8) is 0 Å². The Morgan fingerprint density at radius 2 is 1.58 bits per heavy atom. The monoisotopic (exact) mass is 380 g/mol. The highest BCUT2D eigenvalue weighted by molar-refractivity contribution is 7.98. The van der Waals surface area contributed by atoms with Gasteiger partial charge in [-0.2, -0.15) is 21.6 Å². The molecule has 0 atom stereocenters.